The first kappa shape index (κ1) is 18.6. The minimum Gasteiger partial charge on any atom is -0.338 e. The highest BCUT2D eigenvalue weighted by molar-refractivity contribution is 6.09. The van der Waals surface area contributed by atoms with Crippen LogP contribution in [-0.4, -0.2) is 75.9 Å². The van der Waals surface area contributed by atoms with Crippen molar-refractivity contribution < 1.29 is 14.4 Å². The van der Waals surface area contributed by atoms with E-state index >= 15 is 0 Å². The molecule has 3 heterocycles. The molecule has 1 aliphatic carbocycles. The van der Waals surface area contributed by atoms with E-state index in [4.69, 9.17) is 0 Å². The van der Waals surface area contributed by atoms with Gasteiger partial charge >= 0.3 is 6.03 Å². The summed E-state index contributed by atoms with van der Waals surface area (Å²) in [5, 5.41) is 2.87. The van der Waals surface area contributed by atoms with Crippen LogP contribution in [0.5, 0.6) is 0 Å². The number of anilines is 1. The number of urea groups is 1. The molecule has 1 spiro atoms. The molecule has 3 fully saturated rings. The van der Waals surface area contributed by atoms with Crippen LogP contribution in [0.3, 0.4) is 0 Å². The summed E-state index contributed by atoms with van der Waals surface area (Å²) in [6, 6.07) is 1.32. The number of amides is 4. The average molecular weight is 386 g/mol. The van der Waals surface area contributed by atoms with Gasteiger partial charge in [0.25, 0.3) is 5.91 Å². The topological polar surface area (TPSA) is 98.7 Å². The van der Waals surface area contributed by atoms with Crippen LogP contribution < -0.4 is 10.2 Å². The SMILES string of the molecule is CC1CCC2(CC1)NC(=O)N(CC(=O)N1CCN(c3ncccn3)CC1)C2=O. The molecule has 1 aromatic rings. The van der Waals surface area contributed by atoms with Gasteiger partial charge in [-0.1, -0.05) is 6.92 Å². The van der Waals surface area contributed by atoms with Gasteiger partial charge < -0.3 is 15.1 Å². The van der Waals surface area contributed by atoms with Crippen molar-refractivity contribution in [1.82, 2.24) is 25.1 Å². The largest absolute Gasteiger partial charge is 0.338 e. The van der Waals surface area contributed by atoms with E-state index in [1.807, 2.05) is 4.90 Å². The van der Waals surface area contributed by atoms with Gasteiger partial charge in [-0.15, -0.1) is 0 Å². The summed E-state index contributed by atoms with van der Waals surface area (Å²) >= 11 is 0. The van der Waals surface area contributed by atoms with Gasteiger partial charge in [0.15, 0.2) is 0 Å². The van der Waals surface area contributed by atoms with Crippen LogP contribution in [0.1, 0.15) is 32.6 Å². The maximum atomic E-state index is 12.9. The van der Waals surface area contributed by atoms with E-state index in [1.54, 1.807) is 23.4 Å². The number of rotatable bonds is 3. The van der Waals surface area contributed by atoms with Gasteiger partial charge in [-0.3, -0.25) is 14.5 Å². The number of aromatic nitrogens is 2. The normalized spacial score (nSPS) is 28.0. The van der Waals surface area contributed by atoms with Gasteiger partial charge in [-0.05, 0) is 37.7 Å². The number of nitrogens with zero attached hydrogens (tertiary/aromatic N) is 5. The third-order valence-electron chi connectivity index (χ3n) is 6.13. The van der Waals surface area contributed by atoms with Crippen molar-refractivity contribution in [2.75, 3.05) is 37.6 Å². The predicted octanol–water partition coefficient (Wildman–Crippen LogP) is 0.626. The van der Waals surface area contributed by atoms with Crippen LogP contribution >= 0.6 is 0 Å². The monoisotopic (exact) mass is 386 g/mol. The Morgan fingerprint density at radius 3 is 2.43 bits per heavy atom. The lowest BCUT2D eigenvalue weighted by molar-refractivity contribution is -0.139. The van der Waals surface area contributed by atoms with E-state index < -0.39 is 11.6 Å². The minimum absolute atomic E-state index is 0.191. The molecule has 3 aliphatic rings. The summed E-state index contributed by atoms with van der Waals surface area (Å²) in [7, 11) is 0. The van der Waals surface area contributed by atoms with Crippen LogP contribution in [-0.2, 0) is 9.59 Å². The van der Waals surface area contributed by atoms with E-state index in [2.05, 4.69) is 22.2 Å². The Labute approximate surface area is 164 Å². The van der Waals surface area contributed by atoms with E-state index in [1.165, 1.54) is 0 Å². The summed E-state index contributed by atoms with van der Waals surface area (Å²) < 4.78 is 0. The zero-order valence-electron chi connectivity index (χ0n) is 16.1. The molecule has 9 nitrogen and oxygen atoms in total. The highest BCUT2D eigenvalue weighted by Gasteiger charge is 2.52. The zero-order chi connectivity index (χ0) is 19.7. The Kier molecular flexibility index (Phi) is 4.91. The van der Waals surface area contributed by atoms with Crippen molar-refractivity contribution in [2.45, 2.75) is 38.1 Å². The molecule has 28 heavy (non-hydrogen) atoms. The molecular weight excluding hydrogens is 360 g/mol. The van der Waals surface area contributed by atoms with Gasteiger partial charge in [0, 0.05) is 38.6 Å². The van der Waals surface area contributed by atoms with E-state index in [-0.39, 0.29) is 18.4 Å². The Bertz CT molecular complexity index is 754. The van der Waals surface area contributed by atoms with Crippen LogP contribution in [0, 0.1) is 5.92 Å². The van der Waals surface area contributed by atoms with Crippen molar-refractivity contribution in [2.24, 2.45) is 5.92 Å². The molecule has 0 atom stereocenters. The average Bonchev–Trinajstić information content (AvgIpc) is 2.95. The number of nitrogens with one attached hydrogen (secondary N) is 1. The minimum atomic E-state index is -0.798. The number of carbonyl (C=O) groups excluding carboxylic acids is 3. The molecule has 1 aromatic heterocycles. The first-order valence-electron chi connectivity index (χ1n) is 9.92. The van der Waals surface area contributed by atoms with Gasteiger partial charge in [-0.2, -0.15) is 0 Å². The molecule has 0 unspecified atom stereocenters. The fourth-order valence-electron chi connectivity index (χ4n) is 4.26. The standard InChI is InChI=1S/C19H26N6O3/c1-14-3-5-19(6-4-14)16(27)25(18(28)22-19)13-15(26)23-9-11-24(12-10-23)17-20-7-2-8-21-17/h2,7-8,14H,3-6,9-13H2,1H3,(H,22,28). The summed E-state index contributed by atoms with van der Waals surface area (Å²) in [6.07, 6.45) is 6.52. The molecule has 4 amide bonds. The van der Waals surface area contributed by atoms with Gasteiger partial charge in [0.1, 0.15) is 12.1 Å². The summed E-state index contributed by atoms with van der Waals surface area (Å²) in [6.45, 7) is 4.25. The number of hydrogen-bond donors (Lipinski definition) is 1. The Balaban J connectivity index is 1.34. The molecule has 9 heteroatoms. The van der Waals surface area contributed by atoms with Crippen LogP contribution in [0.2, 0.25) is 0 Å². The third kappa shape index (κ3) is 3.41. The molecule has 0 radical (unpaired) electrons. The highest BCUT2D eigenvalue weighted by Crippen LogP contribution is 2.36. The lowest BCUT2D eigenvalue weighted by Crippen LogP contribution is -2.53. The van der Waals surface area contributed by atoms with Gasteiger partial charge in [-0.25, -0.2) is 14.8 Å². The molecule has 2 aliphatic heterocycles. The van der Waals surface area contributed by atoms with Crippen molar-refractivity contribution in [3.8, 4) is 0 Å². The molecule has 1 N–H and O–H groups in total. The Morgan fingerprint density at radius 2 is 1.79 bits per heavy atom. The molecule has 1 saturated carbocycles. The number of carbonyl (C=O) groups is 3. The second kappa shape index (κ2) is 7.37. The number of hydrogen-bond acceptors (Lipinski definition) is 6. The van der Waals surface area contributed by atoms with Crippen LogP contribution in [0.4, 0.5) is 10.7 Å². The zero-order valence-corrected chi connectivity index (χ0v) is 16.1. The summed E-state index contributed by atoms with van der Waals surface area (Å²) in [5.41, 5.74) is -0.798. The molecule has 150 valence electrons. The van der Waals surface area contributed by atoms with Crippen LogP contribution in [0.25, 0.3) is 0 Å². The predicted molar refractivity (Wildman–Crippen MR) is 101 cm³/mol. The summed E-state index contributed by atoms with van der Waals surface area (Å²) in [5.74, 6) is 0.778. The van der Waals surface area contributed by atoms with Gasteiger partial charge in [0.05, 0.1) is 0 Å². The maximum Gasteiger partial charge on any atom is 0.325 e. The Morgan fingerprint density at radius 1 is 1.14 bits per heavy atom. The molecular formula is C19H26N6O3. The molecule has 0 bridgehead atoms. The van der Waals surface area contributed by atoms with Crippen LogP contribution in [0.15, 0.2) is 18.5 Å². The smallest absolute Gasteiger partial charge is 0.325 e. The molecule has 4 rings (SSSR count). The summed E-state index contributed by atoms with van der Waals surface area (Å²) in [4.78, 5) is 51.3. The van der Waals surface area contributed by atoms with Crippen molar-refractivity contribution in [3.63, 3.8) is 0 Å². The molecule has 2 saturated heterocycles. The number of piperazine rings is 1. The molecule has 0 aromatic carbocycles. The first-order valence-corrected chi connectivity index (χ1v) is 9.92. The van der Waals surface area contributed by atoms with Crippen molar-refractivity contribution in [1.29, 1.82) is 0 Å². The number of imide groups is 1. The van der Waals surface area contributed by atoms with Gasteiger partial charge in [0.2, 0.25) is 11.9 Å². The second-order valence-electron chi connectivity index (χ2n) is 8.00. The highest BCUT2D eigenvalue weighted by atomic mass is 16.2. The first-order chi connectivity index (χ1) is 13.5. The fourth-order valence-corrected chi connectivity index (χ4v) is 4.26. The lowest BCUT2D eigenvalue weighted by Gasteiger charge is -2.35. The Hall–Kier alpha value is -2.71. The quantitative estimate of drug-likeness (QED) is 0.765. The van der Waals surface area contributed by atoms with E-state index in [0.29, 0.717) is 50.9 Å². The van der Waals surface area contributed by atoms with E-state index in [9.17, 15) is 14.4 Å². The lowest BCUT2D eigenvalue weighted by atomic mass is 9.77. The van der Waals surface area contributed by atoms with Crippen molar-refractivity contribution >= 4 is 23.8 Å². The van der Waals surface area contributed by atoms with E-state index in [0.717, 1.165) is 17.7 Å². The second-order valence-corrected chi connectivity index (χ2v) is 8.00. The fraction of sp³-hybridized carbons (Fsp3) is 0.632. The maximum absolute atomic E-state index is 12.9. The third-order valence-corrected chi connectivity index (χ3v) is 6.13. The van der Waals surface area contributed by atoms with Crippen molar-refractivity contribution in [3.05, 3.63) is 18.5 Å².